The van der Waals surface area contributed by atoms with Gasteiger partial charge in [-0.05, 0) is 32.4 Å². The quantitative estimate of drug-likeness (QED) is 0.798. The van der Waals surface area contributed by atoms with Gasteiger partial charge >= 0.3 is 0 Å². The molecule has 0 heterocycles. The number of benzene rings is 1. The van der Waals surface area contributed by atoms with Gasteiger partial charge in [-0.1, -0.05) is 25.1 Å². The number of hydrogen-bond acceptors (Lipinski definition) is 4. The van der Waals surface area contributed by atoms with Crippen LogP contribution in [0.1, 0.15) is 27.2 Å². The van der Waals surface area contributed by atoms with Crippen molar-refractivity contribution >= 4 is 0 Å². The summed E-state index contributed by atoms with van der Waals surface area (Å²) < 4.78 is 10.3. The van der Waals surface area contributed by atoms with E-state index in [1.165, 1.54) is 0 Å². The van der Waals surface area contributed by atoms with E-state index in [4.69, 9.17) is 19.7 Å². The lowest BCUT2D eigenvalue weighted by Gasteiger charge is -2.10. The third-order valence-electron chi connectivity index (χ3n) is 2.10. The molecule has 0 aromatic heterocycles. The van der Waals surface area contributed by atoms with Crippen molar-refractivity contribution in [3.05, 3.63) is 30.3 Å². The second kappa shape index (κ2) is 12.0. The molecule has 19 heavy (non-hydrogen) atoms. The summed E-state index contributed by atoms with van der Waals surface area (Å²) in [4.78, 5) is 0. The van der Waals surface area contributed by atoms with Crippen molar-refractivity contribution in [3.63, 3.8) is 0 Å². The molecule has 2 N–H and O–H groups in total. The van der Waals surface area contributed by atoms with Gasteiger partial charge in [-0.2, -0.15) is 0 Å². The molecule has 0 aliphatic rings. The summed E-state index contributed by atoms with van der Waals surface area (Å²) in [5, 5.41) is 17.1. The zero-order valence-corrected chi connectivity index (χ0v) is 12.1. The molecule has 110 valence electrons. The lowest BCUT2D eigenvalue weighted by atomic mass is 10.3. The monoisotopic (exact) mass is 270 g/mol. The fourth-order valence-electron chi connectivity index (χ4n) is 1.09. The summed E-state index contributed by atoms with van der Waals surface area (Å²) in [5.74, 6) is 0.962. The third kappa shape index (κ3) is 11.7. The van der Waals surface area contributed by atoms with Crippen LogP contribution in [0.5, 0.6) is 5.75 Å². The number of rotatable bonds is 7. The lowest BCUT2D eigenvalue weighted by Crippen LogP contribution is -2.19. The molecule has 4 heteroatoms. The molecule has 1 rings (SSSR count). The Hall–Kier alpha value is -1.10. The van der Waals surface area contributed by atoms with Gasteiger partial charge in [-0.25, -0.2) is 0 Å². The Kier molecular flexibility index (Phi) is 11.3. The van der Waals surface area contributed by atoms with Gasteiger partial charge in [0.05, 0.1) is 32.0 Å². The molecular formula is C15H26O4. The Morgan fingerprint density at radius 3 is 2.26 bits per heavy atom. The van der Waals surface area contributed by atoms with E-state index in [0.29, 0.717) is 6.61 Å². The van der Waals surface area contributed by atoms with Crippen LogP contribution in [0.15, 0.2) is 30.3 Å². The summed E-state index contributed by atoms with van der Waals surface area (Å²) >= 11 is 0. The molecule has 0 bridgehead atoms. The van der Waals surface area contributed by atoms with Gasteiger partial charge in [0.25, 0.3) is 0 Å². The molecule has 4 nitrogen and oxygen atoms in total. The van der Waals surface area contributed by atoms with E-state index in [0.717, 1.165) is 18.8 Å². The molecule has 0 saturated heterocycles. The van der Waals surface area contributed by atoms with E-state index in [9.17, 15) is 0 Å². The Balaban J connectivity index is 0.000000344. The third-order valence-corrected chi connectivity index (χ3v) is 2.10. The van der Waals surface area contributed by atoms with Crippen LogP contribution in [0.4, 0.5) is 0 Å². The van der Waals surface area contributed by atoms with Crippen LogP contribution in [-0.4, -0.2) is 42.2 Å². The minimum Gasteiger partial charge on any atom is -0.494 e. The van der Waals surface area contributed by atoms with E-state index in [2.05, 4.69) is 6.92 Å². The highest BCUT2D eigenvalue weighted by Gasteiger charge is 2.00. The SMILES string of the molecule is CC(O)COC(C)CO.CCCOc1ccccc1. The number of para-hydroxylation sites is 1. The van der Waals surface area contributed by atoms with Crippen molar-refractivity contribution < 1.29 is 19.7 Å². The van der Waals surface area contributed by atoms with E-state index in [1.807, 2.05) is 30.3 Å². The van der Waals surface area contributed by atoms with Gasteiger partial charge in [0.1, 0.15) is 5.75 Å². The predicted molar refractivity (Wildman–Crippen MR) is 76.4 cm³/mol. The molecule has 0 aliphatic carbocycles. The molecule has 2 unspecified atom stereocenters. The largest absolute Gasteiger partial charge is 0.494 e. The number of hydrogen-bond donors (Lipinski definition) is 2. The van der Waals surface area contributed by atoms with Crippen LogP contribution in [0.3, 0.4) is 0 Å². The maximum absolute atomic E-state index is 8.69. The standard InChI is InChI=1S/C9H12O.C6H14O3/c1-2-8-10-9-6-4-3-5-7-9;1-5(8)4-9-6(2)3-7/h3-7H,2,8H2,1H3;5-8H,3-4H2,1-2H3. The van der Waals surface area contributed by atoms with Gasteiger partial charge in [0, 0.05) is 0 Å². The second-order valence-corrected chi connectivity index (χ2v) is 4.34. The zero-order chi connectivity index (χ0) is 14.5. The Labute approximate surface area is 116 Å². The first-order chi connectivity index (χ1) is 9.10. The first-order valence-corrected chi connectivity index (χ1v) is 6.68. The minimum absolute atomic E-state index is 0.00667. The van der Waals surface area contributed by atoms with Crippen molar-refractivity contribution in [1.29, 1.82) is 0 Å². The second-order valence-electron chi connectivity index (χ2n) is 4.34. The Morgan fingerprint density at radius 2 is 1.79 bits per heavy atom. The van der Waals surface area contributed by atoms with Crippen molar-refractivity contribution in [3.8, 4) is 5.75 Å². The fraction of sp³-hybridized carbons (Fsp3) is 0.600. The van der Waals surface area contributed by atoms with Crippen LogP contribution in [0.2, 0.25) is 0 Å². The van der Waals surface area contributed by atoms with Crippen molar-refractivity contribution in [2.75, 3.05) is 19.8 Å². The fourth-order valence-corrected chi connectivity index (χ4v) is 1.09. The topological polar surface area (TPSA) is 58.9 Å². The molecule has 1 aromatic rings. The van der Waals surface area contributed by atoms with Crippen molar-refractivity contribution in [2.24, 2.45) is 0 Å². The molecular weight excluding hydrogens is 244 g/mol. The summed E-state index contributed by atoms with van der Waals surface area (Å²) in [6, 6.07) is 9.88. The maximum atomic E-state index is 8.69. The van der Waals surface area contributed by atoms with Crippen molar-refractivity contribution in [2.45, 2.75) is 39.4 Å². The van der Waals surface area contributed by atoms with Gasteiger partial charge in [-0.15, -0.1) is 0 Å². The molecule has 0 aliphatic heterocycles. The summed E-state index contributed by atoms with van der Waals surface area (Å²) in [6.07, 6.45) is 0.452. The van der Waals surface area contributed by atoms with Crippen LogP contribution in [0.25, 0.3) is 0 Å². The Morgan fingerprint density at radius 1 is 1.16 bits per heavy atom. The molecule has 1 aromatic carbocycles. The van der Waals surface area contributed by atoms with Crippen LogP contribution < -0.4 is 4.74 Å². The average molecular weight is 270 g/mol. The Bertz CT molecular complexity index is 287. The van der Waals surface area contributed by atoms with Crippen LogP contribution >= 0.6 is 0 Å². The first-order valence-electron chi connectivity index (χ1n) is 6.68. The highest BCUT2D eigenvalue weighted by molar-refractivity contribution is 5.20. The normalized spacial score (nSPS) is 13.1. The maximum Gasteiger partial charge on any atom is 0.119 e. The van der Waals surface area contributed by atoms with Gasteiger partial charge in [0.15, 0.2) is 0 Å². The highest BCUT2D eigenvalue weighted by atomic mass is 16.5. The molecule has 0 spiro atoms. The minimum atomic E-state index is -0.445. The van der Waals surface area contributed by atoms with E-state index < -0.39 is 6.10 Å². The van der Waals surface area contributed by atoms with Crippen LogP contribution in [-0.2, 0) is 4.74 Å². The molecule has 0 amide bonds. The lowest BCUT2D eigenvalue weighted by molar-refractivity contribution is -0.0177. The number of aliphatic hydroxyl groups is 2. The average Bonchev–Trinajstić information content (AvgIpc) is 2.44. The van der Waals surface area contributed by atoms with Gasteiger partial charge in [0.2, 0.25) is 0 Å². The van der Waals surface area contributed by atoms with E-state index in [-0.39, 0.29) is 12.7 Å². The van der Waals surface area contributed by atoms with E-state index in [1.54, 1.807) is 13.8 Å². The smallest absolute Gasteiger partial charge is 0.119 e. The molecule has 0 radical (unpaired) electrons. The predicted octanol–water partition coefficient (Wildman–Crippen LogP) is 2.24. The summed E-state index contributed by atoms with van der Waals surface area (Å²) in [6.45, 7) is 6.61. The van der Waals surface area contributed by atoms with E-state index >= 15 is 0 Å². The number of ether oxygens (including phenoxy) is 2. The van der Waals surface area contributed by atoms with Gasteiger partial charge in [-0.3, -0.25) is 0 Å². The molecule has 0 saturated carbocycles. The first kappa shape index (κ1) is 17.9. The highest BCUT2D eigenvalue weighted by Crippen LogP contribution is 2.07. The van der Waals surface area contributed by atoms with Gasteiger partial charge < -0.3 is 19.7 Å². The molecule has 0 fully saturated rings. The number of aliphatic hydroxyl groups excluding tert-OH is 2. The van der Waals surface area contributed by atoms with Crippen LogP contribution in [0, 0.1) is 0 Å². The van der Waals surface area contributed by atoms with Crippen molar-refractivity contribution in [1.82, 2.24) is 0 Å². The summed E-state index contributed by atoms with van der Waals surface area (Å²) in [5.41, 5.74) is 0. The zero-order valence-electron chi connectivity index (χ0n) is 12.1. The molecule has 2 atom stereocenters. The summed E-state index contributed by atoms with van der Waals surface area (Å²) in [7, 11) is 0.